The summed E-state index contributed by atoms with van der Waals surface area (Å²) in [5.41, 5.74) is 2.04. The zero-order valence-corrected chi connectivity index (χ0v) is 16.1. The summed E-state index contributed by atoms with van der Waals surface area (Å²) in [6.45, 7) is 9.89. The van der Waals surface area contributed by atoms with Gasteiger partial charge in [-0.15, -0.1) is 0 Å². The lowest BCUT2D eigenvalue weighted by Crippen LogP contribution is -2.15. The molecule has 4 heteroatoms. The first-order chi connectivity index (χ1) is 12.5. The van der Waals surface area contributed by atoms with Crippen molar-refractivity contribution in [2.24, 2.45) is 0 Å². The van der Waals surface area contributed by atoms with Gasteiger partial charge in [0.2, 0.25) is 0 Å². The smallest absolute Gasteiger partial charge is 0.161 e. The van der Waals surface area contributed by atoms with Crippen molar-refractivity contribution in [2.75, 3.05) is 19.8 Å². The number of carbonyl (C=O) groups is 1. The normalized spacial score (nSPS) is 11.1. The average Bonchev–Trinajstić information content (AvgIpc) is 2.66. The lowest BCUT2D eigenvalue weighted by atomic mass is 9.82. The van der Waals surface area contributed by atoms with E-state index in [1.807, 2.05) is 19.1 Å². The fourth-order valence-electron chi connectivity index (χ4n) is 2.50. The largest absolute Gasteiger partial charge is 0.490 e. The van der Waals surface area contributed by atoms with E-state index in [1.54, 1.807) is 18.2 Å². The number of ether oxygens (including phenoxy) is 3. The Balaban J connectivity index is 1.88. The predicted octanol–water partition coefficient (Wildman–Crippen LogP) is 5.04. The van der Waals surface area contributed by atoms with E-state index in [9.17, 15) is 4.79 Å². The molecule has 2 aromatic rings. The van der Waals surface area contributed by atoms with Crippen molar-refractivity contribution in [3.8, 4) is 17.2 Å². The highest BCUT2D eigenvalue weighted by molar-refractivity contribution is 5.76. The molecule has 0 saturated carbocycles. The maximum absolute atomic E-state index is 10.9. The minimum Gasteiger partial charge on any atom is -0.490 e. The fourth-order valence-corrected chi connectivity index (χ4v) is 2.50. The first-order valence-electron chi connectivity index (χ1n) is 9.08. The molecule has 0 spiro atoms. The van der Waals surface area contributed by atoms with E-state index in [1.165, 1.54) is 5.56 Å². The molecule has 0 aliphatic carbocycles. The molecule has 0 aliphatic rings. The minimum absolute atomic E-state index is 0.172. The van der Waals surface area contributed by atoms with Gasteiger partial charge in [-0.3, -0.25) is 4.79 Å². The summed E-state index contributed by atoms with van der Waals surface area (Å²) in [5, 5.41) is 0. The summed E-state index contributed by atoms with van der Waals surface area (Å²) in [7, 11) is 0. The van der Waals surface area contributed by atoms with Crippen LogP contribution in [0.2, 0.25) is 0 Å². The van der Waals surface area contributed by atoms with Gasteiger partial charge in [0.05, 0.1) is 6.61 Å². The summed E-state index contributed by atoms with van der Waals surface area (Å²) < 4.78 is 17.0. The Morgan fingerprint density at radius 3 is 2.19 bits per heavy atom. The van der Waals surface area contributed by atoms with Crippen LogP contribution in [0.3, 0.4) is 0 Å². The lowest BCUT2D eigenvalue weighted by molar-refractivity contribution is 0.112. The van der Waals surface area contributed by atoms with Crippen LogP contribution < -0.4 is 14.2 Å². The molecule has 26 heavy (non-hydrogen) atoms. The fraction of sp³-hybridized carbons (Fsp3) is 0.409. The summed E-state index contributed by atoms with van der Waals surface area (Å²) in [6, 6.07) is 13.4. The van der Waals surface area contributed by atoms with E-state index in [2.05, 4.69) is 32.9 Å². The Labute approximate surface area is 156 Å². The van der Waals surface area contributed by atoms with Crippen molar-refractivity contribution in [3.05, 3.63) is 53.6 Å². The Hall–Kier alpha value is -2.49. The topological polar surface area (TPSA) is 44.8 Å². The highest BCUT2D eigenvalue weighted by atomic mass is 16.5. The third-order valence-electron chi connectivity index (χ3n) is 4.53. The van der Waals surface area contributed by atoms with Gasteiger partial charge in [-0.25, -0.2) is 0 Å². The van der Waals surface area contributed by atoms with Crippen LogP contribution in [-0.2, 0) is 5.41 Å². The third-order valence-corrected chi connectivity index (χ3v) is 4.53. The van der Waals surface area contributed by atoms with Crippen molar-refractivity contribution >= 4 is 6.29 Å². The van der Waals surface area contributed by atoms with Crippen molar-refractivity contribution in [3.63, 3.8) is 0 Å². The molecule has 0 saturated heterocycles. The molecular weight excluding hydrogens is 328 g/mol. The molecule has 0 N–H and O–H groups in total. The Kier molecular flexibility index (Phi) is 7.07. The van der Waals surface area contributed by atoms with Gasteiger partial charge in [0.15, 0.2) is 11.5 Å². The van der Waals surface area contributed by atoms with Crippen LogP contribution in [0.4, 0.5) is 0 Å². The molecule has 0 radical (unpaired) electrons. The van der Waals surface area contributed by atoms with Crippen molar-refractivity contribution < 1.29 is 19.0 Å². The number of hydrogen-bond acceptors (Lipinski definition) is 4. The molecule has 2 aromatic carbocycles. The summed E-state index contributed by atoms with van der Waals surface area (Å²) in [6.07, 6.45) is 1.88. The van der Waals surface area contributed by atoms with Crippen molar-refractivity contribution in [1.29, 1.82) is 0 Å². The second-order valence-electron chi connectivity index (χ2n) is 6.72. The Morgan fingerprint density at radius 2 is 1.58 bits per heavy atom. The van der Waals surface area contributed by atoms with Crippen LogP contribution in [-0.4, -0.2) is 26.1 Å². The second kappa shape index (κ2) is 9.27. The van der Waals surface area contributed by atoms with E-state index < -0.39 is 0 Å². The first-order valence-corrected chi connectivity index (χ1v) is 9.08. The van der Waals surface area contributed by atoms with Crippen LogP contribution >= 0.6 is 0 Å². The van der Waals surface area contributed by atoms with E-state index in [0.29, 0.717) is 36.9 Å². The standard InChI is InChI=1S/C22H28O4/c1-5-22(3,4)18-8-10-19(11-9-18)25-13-14-26-20-12-7-17(16-23)15-21(20)24-6-2/h7-12,15-16H,5-6,13-14H2,1-4H3. The molecule has 0 atom stereocenters. The molecule has 140 valence electrons. The molecule has 0 heterocycles. The zero-order chi connectivity index (χ0) is 19.0. The summed E-state index contributed by atoms with van der Waals surface area (Å²) >= 11 is 0. The molecule has 0 aromatic heterocycles. The Morgan fingerprint density at radius 1 is 0.885 bits per heavy atom. The molecule has 2 rings (SSSR count). The average molecular weight is 356 g/mol. The predicted molar refractivity (Wildman–Crippen MR) is 104 cm³/mol. The van der Waals surface area contributed by atoms with Gasteiger partial charge >= 0.3 is 0 Å². The summed E-state index contributed by atoms with van der Waals surface area (Å²) in [5.74, 6) is 2.01. The number of rotatable bonds is 10. The third kappa shape index (κ3) is 5.25. The maximum atomic E-state index is 10.9. The van der Waals surface area contributed by atoms with Gasteiger partial charge in [-0.05, 0) is 54.7 Å². The number of carbonyl (C=O) groups excluding carboxylic acids is 1. The van der Waals surface area contributed by atoms with Crippen LogP contribution in [0.5, 0.6) is 17.2 Å². The van der Waals surface area contributed by atoms with Crippen molar-refractivity contribution in [2.45, 2.75) is 39.5 Å². The number of hydrogen-bond donors (Lipinski definition) is 0. The molecule has 0 amide bonds. The molecule has 0 unspecified atom stereocenters. The molecule has 0 fully saturated rings. The van der Waals surface area contributed by atoms with Gasteiger partial charge in [-0.1, -0.05) is 32.9 Å². The van der Waals surface area contributed by atoms with Crippen LogP contribution in [0, 0.1) is 0 Å². The zero-order valence-electron chi connectivity index (χ0n) is 16.1. The van der Waals surface area contributed by atoms with Crippen LogP contribution in [0.15, 0.2) is 42.5 Å². The van der Waals surface area contributed by atoms with Gasteiger partial charge < -0.3 is 14.2 Å². The highest BCUT2D eigenvalue weighted by Crippen LogP contribution is 2.29. The molecule has 0 bridgehead atoms. The number of benzene rings is 2. The SMILES string of the molecule is CCOc1cc(C=O)ccc1OCCOc1ccc(C(C)(C)CC)cc1. The Bertz CT molecular complexity index is 705. The van der Waals surface area contributed by atoms with Crippen LogP contribution in [0.1, 0.15) is 50.0 Å². The van der Waals surface area contributed by atoms with Crippen LogP contribution in [0.25, 0.3) is 0 Å². The van der Waals surface area contributed by atoms with Gasteiger partial charge in [-0.2, -0.15) is 0 Å². The molecule has 0 aliphatic heterocycles. The van der Waals surface area contributed by atoms with Gasteiger partial charge in [0, 0.05) is 5.56 Å². The minimum atomic E-state index is 0.172. The second-order valence-corrected chi connectivity index (χ2v) is 6.72. The van der Waals surface area contributed by atoms with Gasteiger partial charge in [0.25, 0.3) is 0 Å². The monoisotopic (exact) mass is 356 g/mol. The van der Waals surface area contributed by atoms with Crippen molar-refractivity contribution in [1.82, 2.24) is 0 Å². The molecule has 4 nitrogen and oxygen atoms in total. The van der Waals surface area contributed by atoms with E-state index >= 15 is 0 Å². The van der Waals surface area contributed by atoms with Gasteiger partial charge in [0.1, 0.15) is 25.2 Å². The number of aldehydes is 1. The quantitative estimate of drug-likeness (QED) is 0.442. The highest BCUT2D eigenvalue weighted by Gasteiger charge is 2.17. The lowest BCUT2D eigenvalue weighted by Gasteiger charge is -2.23. The first kappa shape index (κ1) is 19.8. The van der Waals surface area contributed by atoms with E-state index in [-0.39, 0.29) is 5.41 Å². The summed E-state index contributed by atoms with van der Waals surface area (Å²) in [4.78, 5) is 10.9. The molecular formula is C22H28O4. The van der Waals surface area contributed by atoms with E-state index in [4.69, 9.17) is 14.2 Å². The maximum Gasteiger partial charge on any atom is 0.161 e. The van der Waals surface area contributed by atoms with E-state index in [0.717, 1.165) is 18.5 Å².